The Labute approximate surface area is 67.0 Å². The van der Waals surface area contributed by atoms with E-state index in [2.05, 4.69) is 10.6 Å². The summed E-state index contributed by atoms with van der Waals surface area (Å²) < 4.78 is 0. The van der Waals surface area contributed by atoms with E-state index < -0.39 is 6.10 Å². The lowest BCUT2D eigenvalue weighted by Crippen LogP contribution is -2.43. The number of amides is 1. The zero-order chi connectivity index (χ0) is 8.85. The van der Waals surface area contributed by atoms with E-state index in [0.29, 0.717) is 6.54 Å². The van der Waals surface area contributed by atoms with Gasteiger partial charge in [0.05, 0.1) is 12.1 Å². The van der Waals surface area contributed by atoms with Crippen molar-refractivity contribution in [1.29, 1.82) is 0 Å². The number of hydrogen-bond donors (Lipinski definition) is 3. The molecule has 0 saturated heterocycles. The van der Waals surface area contributed by atoms with Gasteiger partial charge in [-0.3, -0.25) is 4.79 Å². The number of rotatable bonds is 4. The summed E-state index contributed by atoms with van der Waals surface area (Å²) in [7, 11) is 1.59. The van der Waals surface area contributed by atoms with Crippen molar-refractivity contribution in [2.45, 2.75) is 26.0 Å². The summed E-state index contributed by atoms with van der Waals surface area (Å²) in [5, 5.41) is 14.2. The number of aliphatic hydroxyl groups excluding tert-OH is 1. The molecule has 0 aromatic heterocycles. The highest BCUT2D eigenvalue weighted by atomic mass is 16.3. The standard InChI is InChI=1S/C7H16N2O2/c1-5(10)4-9-6(2)7(11)8-3/h5-6,9-10H,4H2,1-3H3,(H,8,11). The molecule has 66 valence electrons. The third kappa shape index (κ3) is 4.75. The molecule has 1 amide bonds. The lowest BCUT2D eigenvalue weighted by molar-refractivity contribution is -0.122. The van der Waals surface area contributed by atoms with Gasteiger partial charge in [0.1, 0.15) is 0 Å². The largest absolute Gasteiger partial charge is 0.392 e. The molecule has 0 aromatic carbocycles. The fourth-order valence-corrected chi connectivity index (χ4v) is 0.657. The minimum absolute atomic E-state index is 0.0642. The van der Waals surface area contributed by atoms with E-state index in [0.717, 1.165) is 0 Å². The maximum Gasteiger partial charge on any atom is 0.236 e. The van der Waals surface area contributed by atoms with Crippen LogP contribution in [0.15, 0.2) is 0 Å². The molecule has 4 heteroatoms. The molecule has 2 unspecified atom stereocenters. The van der Waals surface area contributed by atoms with E-state index in [1.807, 2.05) is 0 Å². The molecule has 0 fully saturated rings. The van der Waals surface area contributed by atoms with Crippen LogP contribution in [0, 0.1) is 0 Å². The Kier molecular flexibility index (Phi) is 4.81. The Hall–Kier alpha value is -0.610. The predicted molar refractivity (Wildman–Crippen MR) is 43.2 cm³/mol. The van der Waals surface area contributed by atoms with Crippen molar-refractivity contribution >= 4 is 5.91 Å². The molecule has 0 bridgehead atoms. The van der Waals surface area contributed by atoms with Crippen LogP contribution in [0.3, 0.4) is 0 Å². The molecule has 0 aromatic rings. The van der Waals surface area contributed by atoms with Gasteiger partial charge >= 0.3 is 0 Å². The van der Waals surface area contributed by atoms with E-state index in [1.165, 1.54) is 0 Å². The van der Waals surface area contributed by atoms with E-state index in [9.17, 15) is 4.79 Å². The first kappa shape index (κ1) is 10.4. The number of carbonyl (C=O) groups excluding carboxylic acids is 1. The van der Waals surface area contributed by atoms with Gasteiger partial charge in [0.15, 0.2) is 0 Å². The molecule has 0 heterocycles. The number of nitrogens with one attached hydrogen (secondary N) is 2. The molecule has 3 N–H and O–H groups in total. The third-order valence-electron chi connectivity index (χ3n) is 1.36. The average Bonchev–Trinajstić information content (AvgIpc) is 1.98. The molecule has 0 radical (unpaired) electrons. The lowest BCUT2D eigenvalue weighted by Gasteiger charge is -2.12. The Morgan fingerprint density at radius 2 is 2.09 bits per heavy atom. The van der Waals surface area contributed by atoms with Gasteiger partial charge in [-0.2, -0.15) is 0 Å². The van der Waals surface area contributed by atoms with Crippen molar-refractivity contribution in [3.05, 3.63) is 0 Å². The van der Waals surface area contributed by atoms with E-state index >= 15 is 0 Å². The van der Waals surface area contributed by atoms with Gasteiger partial charge in [-0.1, -0.05) is 0 Å². The zero-order valence-corrected chi connectivity index (χ0v) is 7.22. The van der Waals surface area contributed by atoms with Gasteiger partial charge in [-0.15, -0.1) is 0 Å². The predicted octanol–water partition coefficient (Wildman–Crippen LogP) is -0.909. The summed E-state index contributed by atoms with van der Waals surface area (Å²) in [5.41, 5.74) is 0. The maximum absolute atomic E-state index is 10.9. The Morgan fingerprint density at radius 3 is 2.45 bits per heavy atom. The SMILES string of the molecule is CNC(=O)C(C)NCC(C)O. The minimum atomic E-state index is -0.415. The zero-order valence-electron chi connectivity index (χ0n) is 7.22. The molecule has 0 aliphatic heterocycles. The van der Waals surface area contributed by atoms with Crippen LogP contribution in [0.5, 0.6) is 0 Å². The van der Waals surface area contributed by atoms with Crippen molar-refractivity contribution in [2.24, 2.45) is 0 Å². The molecule has 0 saturated carbocycles. The smallest absolute Gasteiger partial charge is 0.236 e. The third-order valence-corrected chi connectivity index (χ3v) is 1.36. The Bertz CT molecular complexity index is 126. The van der Waals surface area contributed by atoms with Crippen LogP contribution in [0.1, 0.15) is 13.8 Å². The highest BCUT2D eigenvalue weighted by Gasteiger charge is 2.09. The van der Waals surface area contributed by atoms with E-state index in [-0.39, 0.29) is 11.9 Å². The molecule has 0 aliphatic rings. The summed E-state index contributed by atoms with van der Waals surface area (Å²) in [5.74, 6) is -0.0642. The van der Waals surface area contributed by atoms with Crippen LogP contribution in [0.2, 0.25) is 0 Å². The normalized spacial score (nSPS) is 15.6. The summed E-state index contributed by atoms with van der Waals surface area (Å²) in [6, 6.07) is -0.241. The first-order valence-corrected chi connectivity index (χ1v) is 3.71. The van der Waals surface area contributed by atoms with Crippen molar-refractivity contribution < 1.29 is 9.90 Å². The number of carbonyl (C=O) groups is 1. The van der Waals surface area contributed by atoms with E-state index in [4.69, 9.17) is 5.11 Å². The van der Waals surface area contributed by atoms with Gasteiger partial charge in [0.2, 0.25) is 5.91 Å². The molecule has 11 heavy (non-hydrogen) atoms. The Morgan fingerprint density at radius 1 is 1.55 bits per heavy atom. The van der Waals surface area contributed by atoms with Crippen molar-refractivity contribution in [2.75, 3.05) is 13.6 Å². The maximum atomic E-state index is 10.9. The van der Waals surface area contributed by atoms with Gasteiger partial charge in [-0.05, 0) is 13.8 Å². The van der Waals surface area contributed by atoms with Gasteiger partial charge in [0, 0.05) is 13.6 Å². The monoisotopic (exact) mass is 160 g/mol. The summed E-state index contributed by atoms with van der Waals surface area (Å²) in [6.07, 6.45) is -0.415. The summed E-state index contributed by atoms with van der Waals surface area (Å²) >= 11 is 0. The molecule has 0 aliphatic carbocycles. The highest BCUT2D eigenvalue weighted by molar-refractivity contribution is 5.80. The average molecular weight is 160 g/mol. The second-order valence-corrected chi connectivity index (χ2v) is 2.59. The first-order chi connectivity index (χ1) is 5.07. The minimum Gasteiger partial charge on any atom is -0.392 e. The second-order valence-electron chi connectivity index (χ2n) is 2.59. The molecule has 0 rings (SSSR count). The van der Waals surface area contributed by atoms with Crippen LogP contribution in [0.25, 0.3) is 0 Å². The summed E-state index contributed by atoms with van der Waals surface area (Å²) in [6.45, 7) is 3.86. The number of hydrogen-bond acceptors (Lipinski definition) is 3. The quantitative estimate of drug-likeness (QED) is 0.499. The van der Waals surface area contributed by atoms with Crippen LogP contribution in [-0.2, 0) is 4.79 Å². The molecule has 4 nitrogen and oxygen atoms in total. The van der Waals surface area contributed by atoms with Gasteiger partial charge in [-0.25, -0.2) is 0 Å². The lowest BCUT2D eigenvalue weighted by atomic mass is 10.3. The molecule has 2 atom stereocenters. The van der Waals surface area contributed by atoms with E-state index in [1.54, 1.807) is 20.9 Å². The molecular formula is C7H16N2O2. The van der Waals surface area contributed by atoms with Crippen molar-refractivity contribution in [3.8, 4) is 0 Å². The van der Waals surface area contributed by atoms with Crippen LogP contribution in [0.4, 0.5) is 0 Å². The second kappa shape index (κ2) is 5.09. The molecular weight excluding hydrogens is 144 g/mol. The fraction of sp³-hybridized carbons (Fsp3) is 0.857. The summed E-state index contributed by atoms with van der Waals surface area (Å²) in [4.78, 5) is 10.9. The number of aliphatic hydroxyl groups is 1. The van der Waals surface area contributed by atoms with Crippen LogP contribution >= 0.6 is 0 Å². The van der Waals surface area contributed by atoms with Crippen LogP contribution < -0.4 is 10.6 Å². The Balaban J connectivity index is 3.52. The van der Waals surface area contributed by atoms with Crippen molar-refractivity contribution in [1.82, 2.24) is 10.6 Å². The first-order valence-electron chi connectivity index (χ1n) is 3.71. The van der Waals surface area contributed by atoms with Crippen molar-refractivity contribution in [3.63, 3.8) is 0 Å². The van der Waals surface area contributed by atoms with Gasteiger partial charge < -0.3 is 15.7 Å². The molecule has 0 spiro atoms. The van der Waals surface area contributed by atoms with Crippen LogP contribution in [-0.4, -0.2) is 36.8 Å². The fourth-order valence-electron chi connectivity index (χ4n) is 0.657. The number of likely N-dealkylation sites (N-methyl/N-ethyl adjacent to an activating group) is 1. The van der Waals surface area contributed by atoms with Gasteiger partial charge in [0.25, 0.3) is 0 Å². The topological polar surface area (TPSA) is 61.4 Å². The highest BCUT2D eigenvalue weighted by Crippen LogP contribution is 1.82.